The molecule has 1 fully saturated rings. The average molecular weight is 287 g/mol. The van der Waals surface area contributed by atoms with E-state index in [1.54, 1.807) is 0 Å². The summed E-state index contributed by atoms with van der Waals surface area (Å²) in [5.74, 6) is -2.38. The molecule has 2 amide bonds. The molecule has 0 aliphatic carbocycles. The summed E-state index contributed by atoms with van der Waals surface area (Å²) in [5, 5.41) is 22.3. The number of amides is 2. The standard InChI is InChI=1S/C12H21N3O5/c1-7-6-15(2)4-3-8(7)13-12(20)14-9(11(18)19)5-10(16)17/h7-9H,3-6H2,1-2H3,(H,16,17)(H,18,19)(H2,13,14,20)/t7?,8?,9-/m0/s1. The Balaban J connectivity index is 2.49. The fraction of sp³-hybridized carbons (Fsp3) is 0.750. The van der Waals surface area contributed by atoms with Gasteiger partial charge in [0.25, 0.3) is 0 Å². The smallest absolute Gasteiger partial charge is 0.326 e. The van der Waals surface area contributed by atoms with Crippen molar-refractivity contribution in [3.8, 4) is 0 Å². The van der Waals surface area contributed by atoms with Crippen molar-refractivity contribution >= 4 is 18.0 Å². The molecule has 0 aromatic carbocycles. The molecule has 1 aliphatic heterocycles. The fourth-order valence-corrected chi connectivity index (χ4v) is 2.31. The molecule has 0 bridgehead atoms. The van der Waals surface area contributed by atoms with Crippen LogP contribution < -0.4 is 10.6 Å². The number of carbonyl (C=O) groups is 3. The number of nitrogens with one attached hydrogen (secondary N) is 2. The molecule has 2 unspecified atom stereocenters. The molecule has 8 nitrogen and oxygen atoms in total. The molecule has 4 N–H and O–H groups in total. The predicted molar refractivity (Wildman–Crippen MR) is 70.4 cm³/mol. The first kappa shape index (κ1) is 16.2. The van der Waals surface area contributed by atoms with Gasteiger partial charge < -0.3 is 25.7 Å². The number of aliphatic carboxylic acids is 2. The van der Waals surface area contributed by atoms with Crippen LogP contribution in [0.3, 0.4) is 0 Å². The Hall–Kier alpha value is -1.83. The van der Waals surface area contributed by atoms with Crippen LogP contribution in [0.2, 0.25) is 0 Å². The number of carbonyl (C=O) groups excluding carboxylic acids is 1. The molecule has 8 heteroatoms. The first-order valence-electron chi connectivity index (χ1n) is 6.49. The van der Waals surface area contributed by atoms with Gasteiger partial charge in [0.1, 0.15) is 6.04 Å². The number of hydrogen-bond donors (Lipinski definition) is 4. The molecular formula is C12H21N3O5. The van der Waals surface area contributed by atoms with Crippen molar-refractivity contribution in [2.45, 2.75) is 31.8 Å². The number of rotatable bonds is 5. The summed E-state index contributed by atoms with van der Waals surface area (Å²) in [6, 6.07) is -2.10. The van der Waals surface area contributed by atoms with Crippen molar-refractivity contribution in [3.63, 3.8) is 0 Å². The van der Waals surface area contributed by atoms with Crippen LogP contribution in [0.25, 0.3) is 0 Å². The normalized spacial score (nSPS) is 24.7. The first-order chi connectivity index (χ1) is 9.29. The lowest BCUT2D eigenvalue weighted by Gasteiger charge is -2.35. The largest absolute Gasteiger partial charge is 0.481 e. The summed E-state index contributed by atoms with van der Waals surface area (Å²) < 4.78 is 0. The Morgan fingerprint density at radius 1 is 1.35 bits per heavy atom. The molecule has 1 heterocycles. The van der Waals surface area contributed by atoms with Crippen LogP contribution in [0.1, 0.15) is 19.8 Å². The van der Waals surface area contributed by atoms with E-state index < -0.39 is 30.4 Å². The molecule has 0 aromatic heterocycles. The number of carboxylic acids is 2. The van der Waals surface area contributed by atoms with Crippen LogP contribution in [-0.4, -0.2) is 65.3 Å². The van der Waals surface area contributed by atoms with Crippen molar-refractivity contribution in [2.75, 3.05) is 20.1 Å². The van der Waals surface area contributed by atoms with Crippen LogP contribution in [0, 0.1) is 5.92 Å². The molecule has 0 spiro atoms. The van der Waals surface area contributed by atoms with Crippen LogP contribution in [0.4, 0.5) is 4.79 Å². The van der Waals surface area contributed by atoms with Gasteiger partial charge >= 0.3 is 18.0 Å². The zero-order chi connectivity index (χ0) is 15.3. The van der Waals surface area contributed by atoms with Gasteiger partial charge in [-0.3, -0.25) is 4.79 Å². The van der Waals surface area contributed by atoms with E-state index in [-0.39, 0.29) is 12.0 Å². The van der Waals surface area contributed by atoms with E-state index >= 15 is 0 Å². The van der Waals surface area contributed by atoms with Crippen LogP contribution in [-0.2, 0) is 9.59 Å². The van der Waals surface area contributed by atoms with Gasteiger partial charge in [0.15, 0.2) is 0 Å². The summed E-state index contributed by atoms with van der Waals surface area (Å²) in [6.45, 7) is 3.71. The van der Waals surface area contributed by atoms with Crippen LogP contribution in [0.5, 0.6) is 0 Å². The highest BCUT2D eigenvalue weighted by molar-refractivity contribution is 5.86. The Labute approximate surface area is 117 Å². The molecule has 3 atom stereocenters. The molecule has 0 saturated carbocycles. The zero-order valence-electron chi connectivity index (χ0n) is 11.6. The molecule has 1 rings (SSSR count). The third-order valence-electron chi connectivity index (χ3n) is 3.41. The van der Waals surface area contributed by atoms with Crippen molar-refractivity contribution in [1.82, 2.24) is 15.5 Å². The molecule has 114 valence electrons. The average Bonchev–Trinajstić information content (AvgIpc) is 2.31. The molecule has 20 heavy (non-hydrogen) atoms. The van der Waals surface area contributed by atoms with Crippen molar-refractivity contribution in [3.05, 3.63) is 0 Å². The van der Waals surface area contributed by atoms with Gasteiger partial charge in [-0.15, -0.1) is 0 Å². The van der Waals surface area contributed by atoms with E-state index in [0.29, 0.717) is 0 Å². The third-order valence-corrected chi connectivity index (χ3v) is 3.41. The van der Waals surface area contributed by atoms with E-state index in [1.807, 2.05) is 14.0 Å². The minimum atomic E-state index is -1.42. The second kappa shape index (κ2) is 7.09. The lowest BCUT2D eigenvalue weighted by Crippen LogP contribution is -2.54. The minimum absolute atomic E-state index is 0.0366. The maximum Gasteiger partial charge on any atom is 0.326 e. The van der Waals surface area contributed by atoms with E-state index in [4.69, 9.17) is 10.2 Å². The predicted octanol–water partition coefficient (Wildman–Crippen LogP) is -0.446. The highest BCUT2D eigenvalue weighted by atomic mass is 16.4. The lowest BCUT2D eigenvalue weighted by molar-refractivity contribution is -0.145. The Bertz CT molecular complexity index is 387. The number of nitrogens with zero attached hydrogens (tertiary/aromatic N) is 1. The molecule has 0 radical (unpaired) electrons. The van der Waals surface area contributed by atoms with Gasteiger partial charge in [-0.2, -0.15) is 0 Å². The van der Waals surface area contributed by atoms with Gasteiger partial charge in [-0.1, -0.05) is 6.92 Å². The van der Waals surface area contributed by atoms with E-state index in [0.717, 1.165) is 19.5 Å². The molecular weight excluding hydrogens is 266 g/mol. The number of piperidine rings is 1. The Morgan fingerprint density at radius 3 is 2.50 bits per heavy atom. The first-order valence-corrected chi connectivity index (χ1v) is 6.49. The third kappa shape index (κ3) is 5.04. The number of carboxylic acid groups (broad SMARTS) is 2. The van der Waals surface area contributed by atoms with E-state index in [1.165, 1.54) is 0 Å². The van der Waals surface area contributed by atoms with Crippen LogP contribution >= 0.6 is 0 Å². The molecule has 1 aliphatic rings. The molecule has 1 saturated heterocycles. The summed E-state index contributed by atoms with van der Waals surface area (Å²) in [7, 11) is 2.00. The summed E-state index contributed by atoms with van der Waals surface area (Å²) in [5.41, 5.74) is 0. The number of likely N-dealkylation sites (tertiary alicyclic amines) is 1. The topological polar surface area (TPSA) is 119 Å². The summed E-state index contributed by atoms with van der Waals surface area (Å²) in [6.07, 6.45) is 0.132. The van der Waals surface area contributed by atoms with Crippen LogP contribution in [0.15, 0.2) is 0 Å². The monoisotopic (exact) mass is 287 g/mol. The van der Waals surface area contributed by atoms with Gasteiger partial charge in [-0.05, 0) is 25.9 Å². The maximum atomic E-state index is 11.7. The second-order valence-electron chi connectivity index (χ2n) is 5.24. The van der Waals surface area contributed by atoms with E-state index in [9.17, 15) is 14.4 Å². The fourth-order valence-electron chi connectivity index (χ4n) is 2.31. The number of hydrogen-bond acceptors (Lipinski definition) is 4. The van der Waals surface area contributed by atoms with Gasteiger partial charge in [0.2, 0.25) is 0 Å². The highest BCUT2D eigenvalue weighted by Crippen LogP contribution is 2.15. The highest BCUT2D eigenvalue weighted by Gasteiger charge is 2.28. The summed E-state index contributed by atoms with van der Waals surface area (Å²) >= 11 is 0. The van der Waals surface area contributed by atoms with Crippen molar-refractivity contribution < 1.29 is 24.6 Å². The zero-order valence-corrected chi connectivity index (χ0v) is 11.6. The number of urea groups is 1. The Kier molecular flexibility index (Phi) is 5.75. The molecule has 0 aromatic rings. The maximum absolute atomic E-state index is 11.7. The van der Waals surface area contributed by atoms with E-state index in [2.05, 4.69) is 15.5 Å². The SMILES string of the molecule is CC1CN(C)CCC1NC(=O)N[C@@H](CC(=O)O)C(=O)O. The lowest BCUT2D eigenvalue weighted by atomic mass is 9.94. The van der Waals surface area contributed by atoms with Gasteiger partial charge in [-0.25, -0.2) is 9.59 Å². The Morgan fingerprint density at radius 2 is 2.00 bits per heavy atom. The summed E-state index contributed by atoms with van der Waals surface area (Å²) in [4.78, 5) is 35.3. The van der Waals surface area contributed by atoms with Gasteiger partial charge in [0.05, 0.1) is 6.42 Å². The second-order valence-corrected chi connectivity index (χ2v) is 5.24. The van der Waals surface area contributed by atoms with Crippen molar-refractivity contribution in [2.24, 2.45) is 5.92 Å². The van der Waals surface area contributed by atoms with Gasteiger partial charge in [0, 0.05) is 12.6 Å². The van der Waals surface area contributed by atoms with Crippen molar-refractivity contribution in [1.29, 1.82) is 0 Å². The minimum Gasteiger partial charge on any atom is -0.481 e. The quantitative estimate of drug-likeness (QED) is 0.544.